The van der Waals surface area contributed by atoms with Crippen molar-refractivity contribution in [1.29, 1.82) is 0 Å². The minimum Gasteiger partial charge on any atom is -0.415 e. The van der Waals surface area contributed by atoms with Gasteiger partial charge in [-0.15, -0.1) is 10.2 Å². The van der Waals surface area contributed by atoms with Crippen LogP contribution in [0.15, 0.2) is 51.5 Å². The van der Waals surface area contributed by atoms with Crippen molar-refractivity contribution >= 4 is 26.0 Å². The van der Waals surface area contributed by atoms with Gasteiger partial charge >= 0.3 is 6.43 Å². The maximum atomic E-state index is 12.6. The molecule has 0 radical (unpaired) electrons. The lowest BCUT2D eigenvalue weighted by molar-refractivity contribution is 0.116. The normalized spacial score (nSPS) is 13.0. The van der Waals surface area contributed by atoms with Gasteiger partial charge in [-0.2, -0.15) is 8.78 Å². The van der Waals surface area contributed by atoms with E-state index >= 15 is 0 Å². The molecule has 0 bridgehead atoms. The van der Waals surface area contributed by atoms with Gasteiger partial charge in [0.05, 0.1) is 23.1 Å². The summed E-state index contributed by atoms with van der Waals surface area (Å²) in [4.78, 5) is 4.28. The number of rotatable bonds is 7. The molecular formula is C17H15BrF2N4O3S. The summed E-state index contributed by atoms with van der Waals surface area (Å²) >= 11 is 3.37. The Morgan fingerprint density at radius 2 is 2.00 bits per heavy atom. The molecule has 3 rings (SSSR count). The van der Waals surface area contributed by atoms with Crippen molar-refractivity contribution < 1.29 is 21.6 Å². The molecular weight excluding hydrogens is 458 g/mol. The van der Waals surface area contributed by atoms with E-state index in [9.17, 15) is 17.2 Å². The number of halogens is 3. The van der Waals surface area contributed by atoms with Gasteiger partial charge in [-0.25, -0.2) is 13.1 Å². The van der Waals surface area contributed by atoms with Crippen molar-refractivity contribution in [2.45, 2.75) is 19.4 Å². The maximum Gasteiger partial charge on any atom is 0.314 e. The number of alkyl halides is 2. The Labute approximate surface area is 168 Å². The fourth-order valence-corrected chi connectivity index (χ4v) is 3.59. The number of hydrogen-bond acceptors (Lipinski definition) is 6. The minimum absolute atomic E-state index is 0.0893. The van der Waals surface area contributed by atoms with Gasteiger partial charge in [-0.3, -0.25) is 4.98 Å². The number of benzene rings is 1. The van der Waals surface area contributed by atoms with E-state index in [2.05, 4.69) is 35.8 Å². The van der Waals surface area contributed by atoms with E-state index in [0.717, 1.165) is 4.47 Å². The summed E-state index contributed by atoms with van der Waals surface area (Å²) in [6, 6.07) is 9.56. The fraction of sp³-hybridized carbons (Fsp3) is 0.235. The van der Waals surface area contributed by atoms with Crippen LogP contribution in [0, 0.1) is 0 Å². The van der Waals surface area contributed by atoms with Gasteiger partial charge in [0.1, 0.15) is 0 Å². The largest absolute Gasteiger partial charge is 0.415 e. The van der Waals surface area contributed by atoms with Gasteiger partial charge in [0.2, 0.25) is 15.9 Å². The number of hydrogen-bond donors (Lipinski definition) is 1. The average molecular weight is 473 g/mol. The first kappa shape index (κ1) is 20.5. The molecule has 11 heteroatoms. The van der Waals surface area contributed by atoms with E-state index in [1.165, 1.54) is 13.1 Å². The van der Waals surface area contributed by atoms with Crippen molar-refractivity contribution in [2.75, 3.05) is 5.75 Å². The van der Waals surface area contributed by atoms with Gasteiger partial charge in [0.25, 0.3) is 5.89 Å². The Morgan fingerprint density at radius 3 is 2.57 bits per heavy atom. The van der Waals surface area contributed by atoms with Gasteiger partial charge in [0.15, 0.2) is 0 Å². The SMILES string of the molecule is CCS(=O)(=O)NC(c1cccc(Br)c1)c1ccc(-c2nnc(C(F)F)o2)cn1. The Morgan fingerprint density at radius 1 is 1.21 bits per heavy atom. The first-order valence-electron chi connectivity index (χ1n) is 8.12. The average Bonchev–Trinajstić information content (AvgIpc) is 3.17. The molecule has 0 fully saturated rings. The first-order chi connectivity index (χ1) is 13.3. The smallest absolute Gasteiger partial charge is 0.314 e. The molecule has 2 heterocycles. The molecule has 7 nitrogen and oxygen atoms in total. The third-order valence-corrected chi connectivity index (χ3v) is 5.66. The van der Waals surface area contributed by atoms with Crippen LogP contribution in [0.1, 0.15) is 36.5 Å². The minimum atomic E-state index is -3.53. The molecule has 1 unspecified atom stereocenters. The van der Waals surface area contributed by atoms with Crippen LogP contribution in [0.3, 0.4) is 0 Å². The van der Waals surface area contributed by atoms with Gasteiger partial charge in [-0.1, -0.05) is 28.1 Å². The van der Waals surface area contributed by atoms with Crippen LogP contribution >= 0.6 is 15.9 Å². The third-order valence-electron chi connectivity index (χ3n) is 3.82. The van der Waals surface area contributed by atoms with Crippen LogP contribution in [0.5, 0.6) is 0 Å². The Kier molecular flexibility index (Phi) is 6.16. The summed E-state index contributed by atoms with van der Waals surface area (Å²) in [5, 5.41) is 6.85. The zero-order valence-corrected chi connectivity index (χ0v) is 16.9. The third kappa shape index (κ3) is 4.78. The van der Waals surface area contributed by atoms with Crippen LogP contribution in [0.25, 0.3) is 11.5 Å². The summed E-state index contributed by atoms with van der Waals surface area (Å²) in [7, 11) is -3.53. The Bertz CT molecular complexity index is 1060. The van der Waals surface area contributed by atoms with Crippen molar-refractivity contribution in [1.82, 2.24) is 19.9 Å². The molecule has 0 aliphatic rings. The van der Waals surface area contributed by atoms with Gasteiger partial charge in [0, 0.05) is 10.7 Å². The highest BCUT2D eigenvalue weighted by atomic mass is 79.9. The molecule has 148 valence electrons. The molecule has 1 atom stereocenters. The predicted octanol–water partition coefficient (Wildman–Crippen LogP) is 3.86. The molecule has 28 heavy (non-hydrogen) atoms. The van der Waals surface area contributed by atoms with Crippen LogP contribution < -0.4 is 4.72 Å². The lowest BCUT2D eigenvalue weighted by atomic mass is 10.0. The van der Waals surface area contributed by atoms with Crippen LogP contribution in [0.2, 0.25) is 0 Å². The summed E-state index contributed by atoms with van der Waals surface area (Å²) in [6.45, 7) is 1.53. The van der Waals surface area contributed by atoms with Crippen molar-refractivity contribution in [3.63, 3.8) is 0 Å². The van der Waals surface area contributed by atoms with E-state index in [1.807, 2.05) is 6.07 Å². The lowest BCUT2D eigenvalue weighted by Gasteiger charge is -2.19. The van der Waals surface area contributed by atoms with E-state index in [4.69, 9.17) is 4.42 Å². The van der Waals surface area contributed by atoms with Crippen LogP contribution in [0.4, 0.5) is 8.78 Å². The Balaban J connectivity index is 1.95. The van der Waals surface area contributed by atoms with E-state index in [0.29, 0.717) is 16.8 Å². The highest BCUT2D eigenvalue weighted by Crippen LogP contribution is 2.27. The molecule has 0 saturated heterocycles. The molecule has 0 amide bonds. The number of nitrogens with one attached hydrogen (secondary N) is 1. The molecule has 0 aliphatic carbocycles. The topological polar surface area (TPSA) is 98.0 Å². The van der Waals surface area contributed by atoms with Gasteiger partial charge < -0.3 is 4.42 Å². The zero-order chi connectivity index (χ0) is 20.3. The van der Waals surface area contributed by atoms with Gasteiger partial charge in [-0.05, 0) is 36.8 Å². The molecule has 0 aliphatic heterocycles. The highest BCUT2D eigenvalue weighted by molar-refractivity contribution is 9.10. The quantitative estimate of drug-likeness (QED) is 0.560. The number of sulfonamides is 1. The summed E-state index contributed by atoms with van der Waals surface area (Å²) in [5.41, 5.74) is 1.45. The monoisotopic (exact) mass is 472 g/mol. The molecule has 1 aromatic carbocycles. The molecule has 0 spiro atoms. The second-order valence-corrected chi connectivity index (χ2v) is 8.69. The standard InChI is InChI=1S/C17H15BrF2N4O3S/c1-2-28(25,26)24-14(10-4-3-5-12(18)8-10)13-7-6-11(9-21-13)16-22-23-17(27-16)15(19)20/h3-9,14-15,24H,2H2,1H3. The fourth-order valence-electron chi connectivity index (χ4n) is 2.39. The Hall–Kier alpha value is -2.24. The summed E-state index contributed by atoms with van der Waals surface area (Å²) in [6.07, 6.45) is -1.50. The number of aromatic nitrogens is 3. The van der Waals surface area contributed by atoms with E-state index < -0.39 is 28.4 Å². The summed E-state index contributed by atoms with van der Waals surface area (Å²) in [5.74, 6) is -0.960. The number of pyridine rings is 1. The van der Waals surface area contributed by atoms with Crippen LogP contribution in [-0.4, -0.2) is 29.4 Å². The van der Waals surface area contributed by atoms with Crippen molar-refractivity contribution in [2.24, 2.45) is 0 Å². The molecule has 0 saturated carbocycles. The summed E-state index contributed by atoms with van der Waals surface area (Å²) < 4.78 is 57.8. The predicted molar refractivity (Wildman–Crippen MR) is 101 cm³/mol. The van der Waals surface area contributed by atoms with E-state index in [-0.39, 0.29) is 11.6 Å². The van der Waals surface area contributed by atoms with Crippen molar-refractivity contribution in [3.8, 4) is 11.5 Å². The lowest BCUT2D eigenvalue weighted by Crippen LogP contribution is -2.31. The second-order valence-electron chi connectivity index (χ2n) is 5.73. The maximum absolute atomic E-state index is 12.6. The molecule has 3 aromatic rings. The van der Waals surface area contributed by atoms with Crippen LogP contribution in [-0.2, 0) is 10.0 Å². The highest BCUT2D eigenvalue weighted by Gasteiger charge is 2.22. The second kappa shape index (κ2) is 8.41. The first-order valence-corrected chi connectivity index (χ1v) is 10.6. The van der Waals surface area contributed by atoms with Crippen molar-refractivity contribution in [3.05, 3.63) is 64.2 Å². The number of nitrogens with zero attached hydrogens (tertiary/aromatic N) is 3. The zero-order valence-electron chi connectivity index (χ0n) is 14.5. The molecule has 1 N–H and O–H groups in total. The molecule has 2 aromatic heterocycles. The van der Waals surface area contributed by atoms with E-state index in [1.54, 1.807) is 30.3 Å².